The number of nitrogens with zero attached hydrogens (tertiary/aromatic N) is 2. The van der Waals surface area contributed by atoms with Crippen molar-refractivity contribution in [1.29, 1.82) is 0 Å². The lowest BCUT2D eigenvalue weighted by Crippen LogP contribution is -2.19. The van der Waals surface area contributed by atoms with Crippen LogP contribution in [0, 0.1) is 10.1 Å². The number of nitro benzene ring substituents is 1. The highest BCUT2D eigenvalue weighted by Crippen LogP contribution is 2.23. The molecule has 0 aliphatic rings. The number of aromatic nitrogens is 2. The number of aromatic amines is 1. The maximum absolute atomic E-state index is 10.7. The molecule has 0 bridgehead atoms. The molecule has 21 heavy (non-hydrogen) atoms. The van der Waals surface area contributed by atoms with E-state index in [0.29, 0.717) is 21.9 Å². The van der Waals surface area contributed by atoms with Gasteiger partial charge in [-0.3, -0.25) is 10.1 Å². The van der Waals surface area contributed by atoms with E-state index in [9.17, 15) is 15.2 Å². The predicted molar refractivity (Wildman–Crippen MR) is 77.4 cm³/mol. The van der Waals surface area contributed by atoms with Crippen molar-refractivity contribution in [2.24, 2.45) is 0 Å². The third-order valence-corrected chi connectivity index (χ3v) is 3.63. The van der Waals surface area contributed by atoms with Gasteiger partial charge in [0.2, 0.25) is 0 Å². The summed E-state index contributed by atoms with van der Waals surface area (Å²) >= 11 is 1.30. The summed E-state index contributed by atoms with van der Waals surface area (Å²) in [5.41, 5.74) is 1.21. The number of imidazole rings is 1. The van der Waals surface area contributed by atoms with Crippen LogP contribution in [0.15, 0.2) is 23.4 Å². The molecule has 2 aromatic rings. The first-order valence-corrected chi connectivity index (χ1v) is 7.22. The van der Waals surface area contributed by atoms with Crippen molar-refractivity contribution in [2.45, 2.75) is 11.3 Å². The molecule has 1 atom stereocenters. The van der Waals surface area contributed by atoms with Crippen molar-refractivity contribution in [2.75, 3.05) is 25.6 Å². The number of aliphatic hydroxyl groups excluding tert-OH is 2. The normalized spacial score (nSPS) is 12.7. The molecule has 0 aliphatic heterocycles. The average Bonchev–Trinajstić information content (AvgIpc) is 2.87. The van der Waals surface area contributed by atoms with Crippen LogP contribution in [0.4, 0.5) is 5.69 Å². The van der Waals surface area contributed by atoms with Crippen molar-refractivity contribution < 1.29 is 19.9 Å². The summed E-state index contributed by atoms with van der Waals surface area (Å²) in [5.74, 6) is 0.368. The molecule has 114 valence electrons. The zero-order valence-electron chi connectivity index (χ0n) is 11.1. The molecule has 1 aromatic carbocycles. The van der Waals surface area contributed by atoms with Crippen LogP contribution in [0.25, 0.3) is 11.0 Å². The lowest BCUT2D eigenvalue weighted by molar-refractivity contribution is -0.384. The second-order valence-corrected chi connectivity index (χ2v) is 5.27. The summed E-state index contributed by atoms with van der Waals surface area (Å²) < 4.78 is 5.02. The Morgan fingerprint density at radius 3 is 3.05 bits per heavy atom. The topological polar surface area (TPSA) is 122 Å². The zero-order chi connectivity index (χ0) is 15.2. The van der Waals surface area contributed by atoms with Gasteiger partial charge in [-0.05, 0) is 6.07 Å². The highest BCUT2D eigenvalue weighted by Gasteiger charge is 2.11. The van der Waals surface area contributed by atoms with Crippen LogP contribution >= 0.6 is 11.8 Å². The maximum atomic E-state index is 10.7. The molecular weight excluding hydrogens is 298 g/mol. The van der Waals surface area contributed by atoms with Crippen LogP contribution in [0.3, 0.4) is 0 Å². The van der Waals surface area contributed by atoms with Gasteiger partial charge in [-0.1, -0.05) is 11.8 Å². The van der Waals surface area contributed by atoms with Gasteiger partial charge in [0.15, 0.2) is 5.16 Å². The van der Waals surface area contributed by atoms with Crippen LogP contribution in [-0.4, -0.2) is 56.8 Å². The van der Waals surface area contributed by atoms with E-state index in [1.807, 2.05) is 0 Å². The summed E-state index contributed by atoms with van der Waals surface area (Å²) in [6, 6.07) is 4.40. The molecule has 0 fully saturated rings. The minimum Gasteiger partial charge on any atom is -0.394 e. The third-order valence-electron chi connectivity index (χ3n) is 2.61. The molecule has 3 N–H and O–H groups in total. The number of non-ortho nitro benzene ring substituents is 1. The summed E-state index contributed by atoms with van der Waals surface area (Å²) in [6.07, 6.45) is -0.677. The average molecular weight is 313 g/mol. The van der Waals surface area contributed by atoms with Crippen LogP contribution in [0.1, 0.15) is 0 Å². The Morgan fingerprint density at radius 1 is 1.52 bits per heavy atom. The summed E-state index contributed by atoms with van der Waals surface area (Å²) in [4.78, 5) is 17.5. The number of H-pyrrole nitrogens is 1. The minimum atomic E-state index is -0.677. The Bertz CT molecular complexity index is 618. The Labute approximate surface area is 124 Å². The van der Waals surface area contributed by atoms with Gasteiger partial charge < -0.3 is 19.9 Å². The molecule has 0 unspecified atom stereocenters. The largest absolute Gasteiger partial charge is 0.394 e. The Balaban J connectivity index is 1.95. The molecule has 0 saturated carbocycles. The Morgan fingerprint density at radius 2 is 2.33 bits per heavy atom. The summed E-state index contributed by atoms with van der Waals surface area (Å²) in [7, 11) is 0. The number of benzene rings is 1. The van der Waals surface area contributed by atoms with Crippen LogP contribution in [0.2, 0.25) is 0 Å². The van der Waals surface area contributed by atoms with E-state index in [1.165, 1.54) is 23.9 Å². The van der Waals surface area contributed by atoms with Crippen molar-refractivity contribution in [3.8, 4) is 0 Å². The van der Waals surface area contributed by atoms with Crippen molar-refractivity contribution in [3.63, 3.8) is 0 Å². The predicted octanol–water partition coefficient (Wildman–Crippen LogP) is 0.933. The fourth-order valence-corrected chi connectivity index (χ4v) is 2.45. The lowest BCUT2D eigenvalue weighted by atomic mass is 10.3. The van der Waals surface area contributed by atoms with Gasteiger partial charge in [-0.2, -0.15) is 0 Å². The molecule has 0 aliphatic carbocycles. The highest BCUT2D eigenvalue weighted by molar-refractivity contribution is 7.99. The van der Waals surface area contributed by atoms with Crippen molar-refractivity contribution in [3.05, 3.63) is 28.3 Å². The van der Waals surface area contributed by atoms with Gasteiger partial charge in [-0.25, -0.2) is 4.98 Å². The molecule has 0 saturated heterocycles. The van der Waals surface area contributed by atoms with Crippen LogP contribution in [-0.2, 0) is 4.74 Å². The van der Waals surface area contributed by atoms with Gasteiger partial charge in [0, 0.05) is 17.9 Å². The molecule has 1 aromatic heterocycles. The van der Waals surface area contributed by atoms with Gasteiger partial charge in [0.05, 0.1) is 41.9 Å². The fraction of sp³-hybridized carbons (Fsp3) is 0.417. The SMILES string of the molecule is O=[N+]([O-])c1ccc2nc(SC[C@H](O)COCCO)[nH]c2c1. The number of hydrogen-bond donors (Lipinski definition) is 3. The first-order valence-electron chi connectivity index (χ1n) is 6.24. The smallest absolute Gasteiger partial charge is 0.271 e. The third kappa shape index (κ3) is 4.39. The fourth-order valence-electron chi connectivity index (χ4n) is 1.66. The Hall–Kier alpha value is -1.68. The van der Waals surface area contributed by atoms with E-state index in [0.717, 1.165) is 0 Å². The quantitative estimate of drug-likeness (QED) is 0.287. The molecule has 0 amide bonds. The van der Waals surface area contributed by atoms with E-state index in [4.69, 9.17) is 9.84 Å². The van der Waals surface area contributed by atoms with Gasteiger partial charge in [0.25, 0.3) is 5.69 Å². The minimum absolute atomic E-state index is 0.000128. The highest BCUT2D eigenvalue weighted by atomic mass is 32.2. The molecule has 2 rings (SSSR count). The molecule has 1 heterocycles. The second kappa shape index (κ2) is 7.36. The first kappa shape index (κ1) is 15.7. The van der Waals surface area contributed by atoms with Crippen LogP contribution < -0.4 is 0 Å². The number of thioether (sulfide) groups is 1. The number of ether oxygens (including phenoxy) is 1. The number of nitro groups is 1. The lowest BCUT2D eigenvalue weighted by Gasteiger charge is -2.08. The van der Waals surface area contributed by atoms with E-state index < -0.39 is 11.0 Å². The van der Waals surface area contributed by atoms with E-state index in [2.05, 4.69) is 9.97 Å². The van der Waals surface area contributed by atoms with E-state index >= 15 is 0 Å². The van der Waals surface area contributed by atoms with Gasteiger partial charge in [0.1, 0.15) is 0 Å². The number of rotatable bonds is 8. The molecule has 0 radical (unpaired) electrons. The number of nitrogens with one attached hydrogen (secondary N) is 1. The van der Waals surface area contributed by atoms with Crippen molar-refractivity contribution >= 4 is 28.5 Å². The molecular formula is C12H15N3O5S. The summed E-state index contributed by atoms with van der Waals surface area (Å²) in [5, 5.41) is 29.5. The Kier molecular flexibility index (Phi) is 5.51. The number of aliphatic hydroxyl groups is 2. The summed E-state index contributed by atoms with van der Waals surface area (Å²) in [6.45, 7) is 0.248. The van der Waals surface area contributed by atoms with Crippen molar-refractivity contribution in [1.82, 2.24) is 9.97 Å². The number of fused-ring (bicyclic) bond motifs is 1. The molecule has 0 spiro atoms. The maximum Gasteiger partial charge on any atom is 0.271 e. The van der Waals surface area contributed by atoms with Gasteiger partial charge >= 0.3 is 0 Å². The molecule has 8 nitrogen and oxygen atoms in total. The standard InChI is InChI=1S/C12H15N3O5S/c16-3-4-20-6-9(17)7-21-12-13-10-2-1-8(15(18)19)5-11(10)14-12/h1-2,5,9,16-17H,3-4,6-7H2,(H,13,14)/t9-/m1/s1. The number of hydrogen-bond acceptors (Lipinski definition) is 7. The monoisotopic (exact) mass is 313 g/mol. The van der Waals surface area contributed by atoms with E-state index in [-0.39, 0.29) is 25.5 Å². The first-order chi connectivity index (χ1) is 10.1. The molecule has 9 heteroatoms. The van der Waals surface area contributed by atoms with Gasteiger partial charge in [-0.15, -0.1) is 0 Å². The second-order valence-electron chi connectivity index (χ2n) is 4.26. The van der Waals surface area contributed by atoms with E-state index in [1.54, 1.807) is 6.07 Å². The zero-order valence-corrected chi connectivity index (χ0v) is 11.9. The van der Waals surface area contributed by atoms with Crippen LogP contribution in [0.5, 0.6) is 0 Å².